The zero-order chi connectivity index (χ0) is 19.9. The molecule has 8 nitrogen and oxygen atoms in total. The fourth-order valence-corrected chi connectivity index (χ4v) is 2.40. The zero-order valence-electron chi connectivity index (χ0n) is 15.5. The van der Waals surface area contributed by atoms with E-state index in [1.807, 2.05) is 17.8 Å². The van der Waals surface area contributed by atoms with E-state index < -0.39 is 6.09 Å². The number of aromatic nitrogens is 2. The number of ether oxygens (including phenoxy) is 2. The molecule has 2 N–H and O–H groups in total. The Bertz CT molecular complexity index is 949. The monoisotopic (exact) mass is 380 g/mol. The Morgan fingerprint density at radius 3 is 2.21 bits per heavy atom. The predicted octanol–water partition coefficient (Wildman–Crippen LogP) is 3.43. The first kappa shape index (κ1) is 19.0. The molecule has 2 aromatic carbocycles. The van der Waals surface area contributed by atoms with Crippen LogP contribution in [0.1, 0.15) is 16.2 Å². The standard InChI is InChI=1S/C20H20N4O4/c1-24-12-11-21-18(24)13-28-17-9-3-14(4-10-17)19(25)22-15-5-7-16(8-6-15)23-20(26)27-2/h3-12H,13H2,1-2H3,(H,22,25)(H,23,26). The van der Waals surface area contributed by atoms with Crippen molar-refractivity contribution in [1.82, 2.24) is 9.55 Å². The number of carbonyl (C=O) groups is 2. The molecule has 0 fully saturated rings. The van der Waals surface area contributed by atoms with E-state index in [-0.39, 0.29) is 5.91 Å². The first-order valence-corrected chi connectivity index (χ1v) is 8.50. The highest BCUT2D eigenvalue weighted by atomic mass is 16.5. The Balaban J connectivity index is 1.55. The molecule has 3 aromatic rings. The minimum absolute atomic E-state index is 0.246. The molecule has 0 atom stereocenters. The second-order valence-corrected chi connectivity index (χ2v) is 5.92. The van der Waals surface area contributed by atoms with Crippen LogP contribution in [0.2, 0.25) is 0 Å². The number of nitrogens with one attached hydrogen (secondary N) is 2. The van der Waals surface area contributed by atoms with Crippen LogP contribution in [-0.4, -0.2) is 28.7 Å². The molecule has 144 valence electrons. The first-order chi connectivity index (χ1) is 13.5. The summed E-state index contributed by atoms with van der Waals surface area (Å²) < 4.78 is 12.1. The molecule has 0 aliphatic rings. The number of rotatable bonds is 6. The van der Waals surface area contributed by atoms with Gasteiger partial charge in [0.2, 0.25) is 0 Å². The SMILES string of the molecule is COC(=O)Nc1ccc(NC(=O)c2ccc(OCc3nccn3C)cc2)cc1. The molecule has 8 heteroatoms. The van der Waals surface area contributed by atoms with Crippen LogP contribution in [0.25, 0.3) is 0 Å². The van der Waals surface area contributed by atoms with Crippen molar-refractivity contribution >= 4 is 23.4 Å². The first-order valence-electron chi connectivity index (χ1n) is 8.50. The van der Waals surface area contributed by atoms with Crippen molar-refractivity contribution in [2.45, 2.75) is 6.61 Å². The van der Waals surface area contributed by atoms with Crippen LogP contribution in [0, 0.1) is 0 Å². The number of benzene rings is 2. The van der Waals surface area contributed by atoms with E-state index in [4.69, 9.17) is 4.74 Å². The number of aryl methyl sites for hydroxylation is 1. The summed E-state index contributed by atoms with van der Waals surface area (Å²) in [5.41, 5.74) is 1.68. The molecule has 3 rings (SSSR count). The second-order valence-electron chi connectivity index (χ2n) is 5.92. The normalized spacial score (nSPS) is 10.2. The van der Waals surface area contributed by atoms with E-state index in [0.717, 1.165) is 5.82 Å². The van der Waals surface area contributed by atoms with Crippen LogP contribution in [0.15, 0.2) is 60.9 Å². The predicted molar refractivity (Wildman–Crippen MR) is 104 cm³/mol. The van der Waals surface area contributed by atoms with Gasteiger partial charge in [0.25, 0.3) is 5.91 Å². The highest BCUT2D eigenvalue weighted by Gasteiger charge is 2.08. The number of carbonyl (C=O) groups excluding carboxylic acids is 2. The van der Waals surface area contributed by atoms with E-state index in [2.05, 4.69) is 20.4 Å². The highest BCUT2D eigenvalue weighted by Crippen LogP contribution is 2.17. The number of amides is 2. The molecule has 0 aliphatic heterocycles. The summed E-state index contributed by atoms with van der Waals surface area (Å²) in [6.07, 6.45) is 3.01. The van der Waals surface area contributed by atoms with Crippen LogP contribution < -0.4 is 15.4 Å². The molecule has 0 unspecified atom stereocenters. The van der Waals surface area contributed by atoms with Crippen molar-refractivity contribution in [1.29, 1.82) is 0 Å². The summed E-state index contributed by atoms with van der Waals surface area (Å²) in [4.78, 5) is 27.7. The third-order valence-electron chi connectivity index (χ3n) is 3.98. The quantitative estimate of drug-likeness (QED) is 0.683. The van der Waals surface area contributed by atoms with Gasteiger partial charge in [-0.1, -0.05) is 0 Å². The fraction of sp³-hybridized carbons (Fsp3) is 0.150. The number of hydrogen-bond acceptors (Lipinski definition) is 5. The number of hydrogen-bond donors (Lipinski definition) is 2. The summed E-state index contributed by atoms with van der Waals surface area (Å²) in [7, 11) is 3.19. The minimum atomic E-state index is -0.554. The van der Waals surface area contributed by atoms with Crippen molar-refractivity contribution in [2.24, 2.45) is 7.05 Å². The Morgan fingerprint density at radius 1 is 1.00 bits per heavy atom. The van der Waals surface area contributed by atoms with Crippen molar-refractivity contribution in [3.63, 3.8) is 0 Å². The minimum Gasteiger partial charge on any atom is -0.486 e. The van der Waals surface area contributed by atoms with Gasteiger partial charge in [0.1, 0.15) is 18.2 Å². The van der Waals surface area contributed by atoms with Gasteiger partial charge >= 0.3 is 6.09 Å². The maximum absolute atomic E-state index is 12.4. The number of nitrogens with zero attached hydrogens (tertiary/aromatic N) is 2. The lowest BCUT2D eigenvalue weighted by atomic mass is 10.2. The molecule has 0 bridgehead atoms. The second kappa shape index (κ2) is 8.72. The molecule has 1 heterocycles. The molecule has 0 spiro atoms. The van der Waals surface area contributed by atoms with E-state index in [9.17, 15) is 9.59 Å². The molecular weight excluding hydrogens is 360 g/mol. The third kappa shape index (κ3) is 4.88. The molecule has 2 amide bonds. The van der Waals surface area contributed by atoms with Gasteiger partial charge in [-0.05, 0) is 48.5 Å². The zero-order valence-corrected chi connectivity index (χ0v) is 15.5. The average molecular weight is 380 g/mol. The van der Waals surface area contributed by atoms with Crippen molar-refractivity contribution in [3.05, 3.63) is 72.3 Å². The summed E-state index contributed by atoms with van der Waals surface area (Å²) in [5, 5.41) is 5.34. The van der Waals surface area contributed by atoms with Crippen LogP contribution in [0.3, 0.4) is 0 Å². The number of anilines is 2. The van der Waals surface area contributed by atoms with Crippen molar-refractivity contribution in [3.8, 4) is 5.75 Å². The molecule has 0 saturated carbocycles. The number of imidazole rings is 1. The van der Waals surface area contributed by atoms with Crippen LogP contribution in [0.5, 0.6) is 5.75 Å². The maximum Gasteiger partial charge on any atom is 0.411 e. The van der Waals surface area contributed by atoms with Gasteiger partial charge < -0.3 is 19.4 Å². The van der Waals surface area contributed by atoms with Gasteiger partial charge in [0, 0.05) is 36.4 Å². The maximum atomic E-state index is 12.4. The lowest BCUT2D eigenvalue weighted by Gasteiger charge is -2.09. The van der Waals surface area contributed by atoms with E-state index >= 15 is 0 Å². The summed E-state index contributed by atoms with van der Waals surface area (Å²) in [6, 6.07) is 13.6. The summed E-state index contributed by atoms with van der Waals surface area (Å²) in [5.74, 6) is 1.22. The van der Waals surface area contributed by atoms with Crippen LogP contribution in [-0.2, 0) is 18.4 Å². The van der Waals surface area contributed by atoms with Gasteiger partial charge in [-0.2, -0.15) is 0 Å². The Hall–Kier alpha value is -3.81. The Labute approximate surface area is 162 Å². The largest absolute Gasteiger partial charge is 0.486 e. The Kier molecular flexibility index (Phi) is 5.91. The topological polar surface area (TPSA) is 94.5 Å². The van der Waals surface area contributed by atoms with Gasteiger partial charge in [0.15, 0.2) is 0 Å². The van der Waals surface area contributed by atoms with E-state index in [0.29, 0.717) is 29.3 Å². The van der Waals surface area contributed by atoms with Crippen molar-refractivity contribution in [2.75, 3.05) is 17.7 Å². The molecule has 0 saturated heterocycles. The lowest BCUT2D eigenvalue weighted by molar-refractivity contribution is 0.102. The average Bonchev–Trinajstić information content (AvgIpc) is 3.13. The van der Waals surface area contributed by atoms with Gasteiger partial charge in [-0.25, -0.2) is 9.78 Å². The fourth-order valence-electron chi connectivity index (χ4n) is 2.40. The van der Waals surface area contributed by atoms with Crippen LogP contribution in [0.4, 0.5) is 16.2 Å². The van der Waals surface area contributed by atoms with Crippen LogP contribution >= 0.6 is 0 Å². The molecule has 0 radical (unpaired) electrons. The van der Waals surface area contributed by atoms with Crippen molar-refractivity contribution < 1.29 is 19.1 Å². The molecule has 28 heavy (non-hydrogen) atoms. The summed E-state index contributed by atoms with van der Waals surface area (Å²) >= 11 is 0. The Morgan fingerprint density at radius 2 is 1.64 bits per heavy atom. The van der Waals surface area contributed by atoms with Gasteiger partial charge in [-0.3, -0.25) is 10.1 Å². The summed E-state index contributed by atoms with van der Waals surface area (Å²) in [6.45, 7) is 0.348. The number of methoxy groups -OCH3 is 1. The van der Waals surface area contributed by atoms with E-state index in [1.165, 1.54) is 7.11 Å². The van der Waals surface area contributed by atoms with Gasteiger partial charge in [-0.15, -0.1) is 0 Å². The molecular formula is C20H20N4O4. The smallest absolute Gasteiger partial charge is 0.411 e. The molecule has 0 aliphatic carbocycles. The van der Waals surface area contributed by atoms with Gasteiger partial charge in [0.05, 0.1) is 7.11 Å². The highest BCUT2D eigenvalue weighted by molar-refractivity contribution is 6.04. The molecule has 1 aromatic heterocycles. The lowest BCUT2D eigenvalue weighted by Crippen LogP contribution is -2.13. The van der Waals surface area contributed by atoms with E-state index in [1.54, 1.807) is 54.7 Å². The third-order valence-corrected chi connectivity index (χ3v) is 3.98.